The Labute approximate surface area is 119 Å². The lowest BCUT2D eigenvalue weighted by Crippen LogP contribution is -2.52. The second-order valence-electron chi connectivity index (χ2n) is 6.51. The maximum Gasteiger partial charge on any atom is 0.0220 e. The van der Waals surface area contributed by atoms with Gasteiger partial charge in [-0.05, 0) is 31.7 Å². The first-order chi connectivity index (χ1) is 9.24. The minimum atomic E-state index is 0.678. The number of nitrogens with zero attached hydrogens (tertiary/aromatic N) is 2. The van der Waals surface area contributed by atoms with Crippen LogP contribution in [0.1, 0.15) is 46.5 Å². The van der Waals surface area contributed by atoms with Crippen LogP contribution in [-0.2, 0) is 0 Å². The molecule has 0 spiro atoms. The van der Waals surface area contributed by atoms with Gasteiger partial charge >= 0.3 is 0 Å². The fraction of sp³-hybridized carbons (Fsp3) is 1.00. The molecule has 2 aliphatic rings. The van der Waals surface area contributed by atoms with Crippen molar-refractivity contribution in [1.29, 1.82) is 0 Å². The van der Waals surface area contributed by atoms with Gasteiger partial charge in [0.25, 0.3) is 0 Å². The largest absolute Gasteiger partial charge is 0.312 e. The van der Waals surface area contributed by atoms with Crippen molar-refractivity contribution in [1.82, 2.24) is 15.1 Å². The zero-order valence-corrected chi connectivity index (χ0v) is 13.2. The summed E-state index contributed by atoms with van der Waals surface area (Å²) in [5, 5.41) is 3.76. The van der Waals surface area contributed by atoms with Crippen molar-refractivity contribution >= 4 is 0 Å². The van der Waals surface area contributed by atoms with Crippen LogP contribution in [0.3, 0.4) is 0 Å². The molecule has 0 aromatic heterocycles. The quantitative estimate of drug-likeness (QED) is 0.727. The van der Waals surface area contributed by atoms with E-state index in [1.807, 2.05) is 0 Å². The van der Waals surface area contributed by atoms with E-state index < -0.39 is 0 Å². The summed E-state index contributed by atoms with van der Waals surface area (Å²) in [6.45, 7) is 14.5. The van der Waals surface area contributed by atoms with Crippen LogP contribution in [-0.4, -0.2) is 61.2 Å². The first-order valence-electron chi connectivity index (χ1n) is 8.44. The van der Waals surface area contributed by atoms with E-state index in [-0.39, 0.29) is 0 Å². The van der Waals surface area contributed by atoms with Gasteiger partial charge in [0.15, 0.2) is 0 Å². The van der Waals surface area contributed by atoms with Crippen molar-refractivity contribution in [2.45, 2.75) is 58.5 Å². The molecule has 1 N–H and O–H groups in total. The minimum absolute atomic E-state index is 0.678. The Morgan fingerprint density at radius 1 is 1.11 bits per heavy atom. The van der Waals surface area contributed by atoms with Gasteiger partial charge in [-0.2, -0.15) is 0 Å². The van der Waals surface area contributed by atoms with Crippen LogP contribution in [0.4, 0.5) is 0 Å². The van der Waals surface area contributed by atoms with Gasteiger partial charge in [-0.3, -0.25) is 9.80 Å². The molecule has 0 radical (unpaired) electrons. The number of hydrogen-bond acceptors (Lipinski definition) is 3. The summed E-state index contributed by atoms with van der Waals surface area (Å²) in [5.41, 5.74) is 0. The standard InChI is InChI=1S/C16H33N3/c1-4-8-17-16(14(3)5-2)13-18-9-11-19(12-10-18)15-6-7-15/h14-17H,4-13H2,1-3H3. The summed E-state index contributed by atoms with van der Waals surface area (Å²) >= 11 is 0. The van der Waals surface area contributed by atoms with Crippen LogP contribution in [0, 0.1) is 5.92 Å². The molecular formula is C16H33N3. The third-order valence-corrected chi connectivity index (χ3v) is 4.91. The Morgan fingerprint density at radius 3 is 2.32 bits per heavy atom. The number of hydrogen-bond donors (Lipinski definition) is 1. The van der Waals surface area contributed by atoms with E-state index in [1.54, 1.807) is 0 Å². The molecule has 2 atom stereocenters. The van der Waals surface area contributed by atoms with Gasteiger partial charge in [0.2, 0.25) is 0 Å². The van der Waals surface area contributed by atoms with Crippen LogP contribution >= 0.6 is 0 Å². The Balaban J connectivity index is 1.73. The Hall–Kier alpha value is -0.120. The zero-order chi connectivity index (χ0) is 13.7. The highest BCUT2D eigenvalue weighted by molar-refractivity contribution is 4.88. The molecule has 0 aromatic carbocycles. The Kier molecular flexibility index (Phi) is 6.11. The average Bonchev–Trinajstić information content (AvgIpc) is 3.28. The van der Waals surface area contributed by atoms with Gasteiger partial charge in [-0.25, -0.2) is 0 Å². The normalized spacial score (nSPS) is 25.4. The lowest BCUT2D eigenvalue weighted by molar-refractivity contribution is 0.110. The molecule has 1 aliphatic carbocycles. The highest BCUT2D eigenvalue weighted by Crippen LogP contribution is 2.27. The van der Waals surface area contributed by atoms with E-state index in [0.717, 1.165) is 18.5 Å². The molecule has 3 nitrogen and oxygen atoms in total. The molecule has 1 saturated heterocycles. The van der Waals surface area contributed by atoms with Gasteiger partial charge < -0.3 is 5.32 Å². The average molecular weight is 267 g/mol. The summed E-state index contributed by atoms with van der Waals surface area (Å²) in [6.07, 6.45) is 5.42. The number of rotatable bonds is 8. The second kappa shape index (κ2) is 7.61. The molecule has 2 rings (SSSR count). The summed E-state index contributed by atoms with van der Waals surface area (Å²) < 4.78 is 0. The van der Waals surface area contributed by atoms with Crippen LogP contribution in [0.25, 0.3) is 0 Å². The van der Waals surface area contributed by atoms with Crippen molar-refractivity contribution < 1.29 is 0 Å². The molecule has 0 bridgehead atoms. The van der Waals surface area contributed by atoms with E-state index in [9.17, 15) is 0 Å². The fourth-order valence-corrected chi connectivity index (χ4v) is 3.09. The van der Waals surface area contributed by atoms with Crippen LogP contribution in [0.15, 0.2) is 0 Å². The molecular weight excluding hydrogens is 234 g/mol. The van der Waals surface area contributed by atoms with Crippen molar-refractivity contribution in [3.8, 4) is 0 Å². The number of nitrogens with one attached hydrogen (secondary N) is 1. The van der Waals surface area contributed by atoms with Gasteiger partial charge in [0.05, 0.1) is 0 Å². The topological polar surface area (TPSA) is 18.5 Å². The van der Waals surface area contributed by atoms with Gasteiger partial charge in [-0.1, -0.05) is 27.2 Å². The molecule has 19 heavy (non-hydrogen) atoms. The second-order valence-corrected chi connectivity index (χ2v) is 6.51. The number of piperazine rings is 1. The van der Waals surface area contributed by atoms with E-state index in [0.29, 0.717) is 6.04 Å². The molecule has 2 fully saturated rings. The molecule has 0 amide bonds. The zero-order valence-electron chi connectivity index (χ0n) is 13.2. The first-order valence-corrected chi connectivity index (χ1v) is 8.44. The highest BCUT2D eigenvalue weighted by atomic mass is 15.3. The fourth-order valence-electron chi connectivity index (χ4n) is 3.09. The van der Waals surface area contributed by atoms with E-state index in [4.69, 9.17) is 0 Å². The predicted molar refractivity (Wildman–Crippen MR) is 82.6 cm³/mol. The first kappa shape index (κ1) is 15.3. The smallest absolute Gasteiger partial charge is 0.0220 e. The van der Waals surface area contributed by atoms with Crippen molar-refractivity contribution in [3.05, 3.63) is 0 Å². The highest BCUT2D eigenvalue weighted by Gasteiger charge is 2.31. The predicted octanol–water partition coefficient (Wildman–Crippen LogP) is 2.18. The van der Waals surface area contributed by atoms with Crippen molar-refractivity contribution in [2.75, 3.05) is 39.3 Å². The lowest BCUT2D eigenvalue weighted by Gasteiger charge is -2.38. The molecule has 112 valence electrons. The third-order valence-electron chi connectivity index (χ3n) is 4.91. The van der Waals surface area contributed by atoms with Crippen LogP contribution in [0.5, 0.6) is 0 Å². The molecule has 1 saturated carbocycles. The van der Waals surface area contributed by atoms with E-state index in [1.165, 1.54) is 58.4 Å². The summed E-state index contributed by atoms with van der Waals surface area (Å²) in [4.78, 5) is 5.38. The Morgan fingerprint density at radius 2 is 1.79 bits per heavy atom. The van der Waals surface area contributed by atoms with Crippen LogP contribution < -0.4 is 5.32 Å². The lowest BCUT2D eigenvalue weighted by atomic mass is 9.98. The van der Waals surface area contributed by atoms with Gasteiger partial charge in [0.1, 0.15) is 0 Å². The van der Waals surface area contributed by atoms with E-state index >= 15 is 0 Å². The minimum Gasteiger partial charge on any atom is -0.312 e. The van der Waals surface area contributed by atoms with Gasteiger partial charge in [-0.15, -0.1) is 0 Å². The van der Waals surface area contributed by atoms with Crippen molar-refractivity contribution in [2.24, 2.45) is 5.92 Å². The van der Waals surface area contributed by atoms with E-state index in [2.05, 4.69) is 35.9 Å². The molecule has 1 heterocycles. The third kappa shape index (κ3) is 4.73. The monoisotopic (exact) mass is 267 g/mol. The van der Waals surface area contributed by atoms with Gasteiger partial charge in [0, 0.05) is 44.8 Å². The maximum atomic E-state index is 3.76. The SMILES string of the molecule is CCCNC(CN1CCN(C2CC2)CC1)C(C)CC. The molecule has 0 aromatic rings. The molecule has 2 unspecified atom stereocenters. The summed E-state index contributed by atoms with van der Waals surface area (Å²) in [6, 6.07) is 1.63. The summed E-state index contributed by atoms with van der Waals surface area (Å²) in [5.74, 6) is 0.785. The van der Waals surface area contributed by atoms with Crippen molar-refractivity contribution in [3.63, 3.8) is 0 Å². The van der Waals surface area contributed by atoms with Crippen LogP contribution in [0.2, 0.25) is 0 Å². The molecule has 3 heteroatoms. The Bertz CT molecular complexity index is 244. The summed E-state index contributed by atoms with van der Waals surface area (Å²) in [7, 11) is 0. The molecule has 1 aliphatic heterocycles. The maximum absolute atomic E-state index is 3.76.